The second-order valence-electron chi connectivity index (χ2n) is 2.63. The fraction of sp³-hybridized carbons (Fsp3) is 0. The summed E-state index contributed by atoms with van der Waals surface area (Å²) in [5.74, 6) is 0.168. The lowest BCUT2D eigenvalue weighted by molar-refractivity contribution is 0.319. The van der Waals surface area contributed by atoms with Crippen molar-refractivity contribution in [3.63, 3.8) is 0 Å². The van der Waals surface area contributed by atoms with Gasteiger partial charge in [0.2, 0.25) is 0 Å². The second kappa shape index (κ2) is 3.06. The van der Waals surface area contributed by atoms with Crippen molar-refractivity contribution in [1.82, 2.24) is 0 Å². The Hall–Kier alpha value is -1.55. The first-order valence-electron chi connectivity index (χ1n) is 3.78. The van der Waals surface area contributed by atoms with E-state index in [1.807, 2.05) is 30.3 Å². The number of fused-ring (bicyclic) bond motifs is 1. The Morgan fingerprint density at radius 1 is 1.38 bits per heavy atom. The van der Waals surface area contributed by atoms with E-state index in [-0.39, 0.29) is 5.84 Å². The predicted octanol–water partition coefficient (Wildman–Crippen LogP) is 2.00. The van der Waals surface area contributed by atoms with Crippen LogP contribution >= 0.6 is 11.3 Å². The van der Waals surface area contributed by atoms with Crippen LogP contribution < -0.4 is 5.73 Å². The van der Waals surface area contributed by atoms with Gasteiger partial charge in [0.25, 0.3) is 0 Å². The van der Waals surface area contributed by atoms with Crippen LogP contribution in [0.25, 0.3) is 10.1 Å². The minimum atomic E-state index is 0.168. The van der Waals surface area contributed by atoms with Crippen LogP contribution in [0.1, 0.15) is 4.88 Å². The van der Waals surface area contributed by atoms with Crippen LogP contribution in [0.5, 0.6) is 0 Å². The molecule has 66 valence electrons. The average Bonchev–Trinajstić information content (AvgIpc) is 2.59. The molecule has 1 aromatic carbocycles. The molecule has 0 aliphatic rings. The SMILES string of the molecule is N/C(=N\O)c1cc2ccccc2s1. The number of hydrogen-bond donors (Lipinski definition) is 2. The van der Waals surface area contributed by atoms with E-state index in [2.05, 4.69) is 5.16 Å². The number of rotatable bonds is 1. The van der Waals surface area contributed by atoms with Crippen molar-refractivity contribution in [3.8, 4) is 0 Å². The molecule has 0 amide bonds. The Labute approximate surface area is 79.1 Å². The molecule has 0 bridgehead atoms. The minimum absolute atomic E-state index is 0.168. The molecular formula is C9H8N2OS. The molecule has 0 fully saturated rings. The molecule has 0 saturated heterocycles. The van der Waals surface area contributed by atoms with Crippen molar-refractivity contribution < 1.29 is 5.21 Å². The quantitative estimate of drug-likeness (QED) is 0.314. The highest BCUT2D eigenvalue weighted by Gasteiger charge is 2.04. The van der Waals surface area contributed by atoms with E-state index in [0.717, 1.165) is 15.0 Å². The predicted molar refractivity (Wildman–Crippen MR) is 54.3 cm³/mol. The lowest BCUT2D eigenvalue weighted by Gasteiger charge is -1.88. The lowest BCUT2D eigenvalue weighted by atomic mass is 10.2. The normalized spacial score (nSPS) is 12.2. The maximum absolute atomic E-state index is 8.48. The van der Waals surface area contributed by atoms with Crippen LogP contribution in [0.15, 0.2) is 35.5 Å². The molecule has 2 aromatic rings. The first kappa shape index (κ1) is 8.07. The molecular weight excluding hydrogens is 184 g/mol. The molecule has 0 aliphatic heterocycles. The number of benzene rings is 1. The molecule has 1 heterocycles. The summed E-state index contributed by atoms with van der Waals surface area (Å²) in [5, 5.41) is 12.6. The van der Waals surface area contributed by atoms with Crippen LogP contribution in [0.3, 0.4) is 0 Å². The number of nitrogens with zero attached hydrogens (tertiary/aromatic N) is 1. The fourth-order valence-corrected chi connectivity index (χ4v) is 2.12. The van der Waals surface area contributed by atoms with Gasteiger partial charge in [0.15, 0.2) is 5.84 Å². The van der Waals surface area contributed by atoms with Gasteiger partial charge in [0, 0.05) is 4.70 Å². The van der Waals surface area contributed by atoms with Gasteiger partial charge in [-0.3, -0.25) is 0 Å². The van der Waals surface area contributed by atoms with Crippen molar-refractivity contribution >= 4 is 27.3 Å². The molecule has 4 heteroatoms. The van der Waals surface area contributed by atoms with Gasteiger partial charge in [0.1, 0.15) is 0 Å². The Bertz CT molecular complexity index is 428. The first-order chi connectivity index (χ1) is 6.31. The molecule has 0 atom stereocenters. The highest BCUT2D eigenvalue weighted by molar-refractivity contribution is 7.20. The monoisotopic (exact) mass is 192 g/mol. The van der Waals surface area contributed by atoms with Gasteiger partial charge in [-0.1, -0.05) is 23.4 Å². The summed E-state index contributed by atoms with van der Waals surface area (Å²) < 4.78 is 1.14. The number of thiophene rings is 1. The largest absolute Gasteiger partial charge is 0.409 e. The van der Waals surface area contributed by atoms with Crippen molar-refractivity contribution in [2.45, 2.75) is 0 Å². The minimum Gasteiger partial charge on any atom is -0.409 e. The number of oxime groups is 1. The Morgan fingerprint density at radius 2 is 2.15 bits per heavy atom. The summed E-state index contributed by atoms with van der Waals surface area (Å²) in [5.41, 5.74) is 5.47. The molecule has 3 N–H and O–H groups in total. The van der Waals surface area contributed by atoms with Crippen molar-refractivity contribution in [2.24, 2.45) is 10.9 Å². The van der Waals surface area contributed by atoms with Crippen molar-refractivity contribution in [1.29, 1.82) is 0 Å². The third kappa shape index (κ3) is 1.36. The molecule has 2 rings (SSSR count). The van der Waals surface area contributed by atoms with E-state index in [1.54, 1.807) is 0 Å². The molecule has 1 aromatic heterocycles. The van der Waals surface area contributed by atoms with Gasteiger partial charge in [-0.05, 0) is 17.5 Å². The molecule has 0 saturated carbocycles. The summed E-state index contributed by atoms with van der Waals surface area (Å²) >= 11 is 1.51. The average molecular weight is 192 g/mol. The van der Waals surface area contributed by atoms with Gasteiger partial charge in [-0.15, -0.1) is 11.3 Å². The number of amidine groups is 1. The summed E-state index contributed by atoms with van der Waals surface area (Å²) in [6.45, 7) is 0. The third-order valence-electron chi connectivity index (χ3n) is 1.79. The smallest absolute Gasteiger partial charge is 0.180 e. The first-order valence-corrected chi connectivity index (χ1v) is 4.59. The van der Waals surface area contributed by atoms with Crippen LogP contribution in [0.4, 0.5) is 0 Å². The van der Waals surface area contributed by atoms with E-state index >= 15 is 0 Å². The van der Waals surface area contributed by atoms with Gasteiger partial charge in [0.05, 0.1) is 4.88 Å². The summed E-state index contributed by atoms with van der Waals surface area (Å²) in [6, 6.07) is 9.85. The summed E-state index contributed by atoms with van der Waals surface area (Å²) in [4.78, 5) is 0.795. The summed E-state index contributed by atoms with van der Waals surface area (Å²) in [6.07, 6.45) is 0. The molecule has 0 unspecified atom stereocenters. The Kier molecular flexibility index (Phi) is 1.90. The van der Waals surface area contributed by atoms with Gasteiger partial charge in [-0.2, -0.15) is 0 Å². The Balaban J connectivity index is 2.62. The highest BCUT2D eigenvalue weighted by Crippen LogP contribution is 2.24. The van der Waals surface area contributed by atoms with Crippen molar-refractivity contribution in [2.75, 3.05) is 0 Å². The third-order valence-corrected chi connectivity index (χ3v) is 2.92. The van der Waals surface area contributed by atoms with Gasteiger partial charge >= 0.3 is 0 Å². The maximum atomic E-state index is 8.48. The zero-order chi connectivity index (χ0) is 9.26. The zero-order valence-corrected chi connectivity index (χ0v) is 7.58. The van der Waals surface area contributed by atoms with Crippen LogP contribution in [-0.2, 0) is 0 Å². The van der Waals surface area contributed by atoms with Crippen LogP contribution in [0.2, 0.25) is 0 Å². The topological polar surface area (TPSA) is 58.6 Å². The molecule has 13 heavy (non-hydrogen) atoms. The molecule has 0 aliphatic carbocycles. The second-order valence-corrected chi connectivity index (χ2v) is 3.72. The molecule has 3 nitrogen and oxygen atoms in total. The zero-order valence-electron chi connectivity index (χ0n) is 6.77. The van der Waals surface area contributed by atoms with E-state index in [1.165, 1.54) is 11.3 Å². The van der Waals surface area contributed by atoms with Crippen LogP contribution in [0, 0.1) is 0 Å². The molecule has 0 spiro atoms. The number of hydrogen-bond acceptors (Lipinski definition) is 3. The van der Waals surface area contributed by atoms with E-state index in [4.69, 9.17) is 10.9 Å². The van der Waals surface area contributed by atoms with Crippen LogP contribution in [-0.4, -0.2) is 11.0 Å². The van der Waals surface area contributed by atoms with Gasteiger partial charge < -0.3 is 10.9 Å². The van der Waals surface area contributed by atoms with E-state index in [0.29, 0.717) is 0 Å². The standard InChI is InChI=1S/C9H8N2OS/c10-9(11-12)8-5-6-3-1-2-4-7(6)13-8/h1-5,12H,(H2,10,11). The van der Waals surface area contributed by atoms with Crippen molar-refractivity contribution in [3.05, 3.63) is 35.2 Å². The van der Waals surface area contributed by atoms with E-state index in [9.17, 15) is 0 Å². The molecule has 0 radical (unpaired) electrons. The van der Waals surface area contributed by atoms with E-state index < -0.39 is 0 Å². The Morgan fingerprint density at radius 3 is 2.85 bits per heavy atom. The lowest BCUT2D eigenvalue weighted by Crippen LogP contribution is -2.10. The maximum Gasteiger partial charge on any atom is 0.180 e. The van der Waals surface area contributed by atoms with Gasteiger partial charge in [-0.25, -0.2) is 0 Å². The fourth-order valence-electron chi connectivity index (χ4n) is 1.16. The summed E-state index contributed by atoms with van der Waals surface area (Å²) in [7, 11) is 0. The highest BCUT2D eigenvalue weighted by atomic mass is 32.1. The number of nitrogens with two attached hydrogens (primary N) is 1.